The molecular weight excluding hydrogens is 346 g/mol. The number of fused-ring (bicyclic) bond motifs is 1. The van der Waals surface area contributed by atoms with Crippen LogP contribution in [0.5, 0.6) is 0 Å². The van der Waals surface area contributed by atoms with Gasteiger partial charge >= 0.3 is 0 Å². The Labute approximate surface area is 164 Å². The molecule has 1 aliphatic carbocycles. The highest BCUT2D eigenvalue weighted by molar-refractivity contribution is 6.02. The molecule has 28 heavy (non-hydrogen) atoms. The summed E-state index contributed by atoms with van der Waals surface area (Å²) in [6, 6.07) is 14.4. The summed E-state index contributed by atoms with van der Waals surface area (Å²) in [6.07, 6.45) is 9.89. The predicted molar refractivity (Wildman–Crippen MR) is 112 cm³/mol. The van der Waals surface area contributed by atoms with Crippen molar-refractivity contribution in [2.45, 2.75) is 25.7 Å². The number of aromatic amines is 1. The van der Waals surface area contributed by atoms with E-state index in [0.717, 1.165) is 48.8 Å². The Bertz CT molecular complexity index is 1090. The van der Waals surface area contributed by atoms with Crippen LogP contribution in [-0.4, -0.2) is 33.9 Å². The molecule has 140 valence electrons. The molecule has 1 aliphatic heterocycles. The van der Waals surface area contributed by atoms with E-state index in [4.69, 9.17) is 0 Å². The first kappa shape index (κ1) is 17.0. The van der Waals surface area contributed by atoms with Crippen molar-refractivity contribution in [1.29, 1.82) is 0 Å². The summed E-state index contributed by atoms with van der Waals surface area (Å²) in [6.45, 7) is 1.44. The predicted octanol–water partition coefficient (Wildman–Crippen LogP) is 4.82. The Balaban J connectivity index is 1.38. The highest BCUT2D eigenvalue weighted by atomic mass is 16.2. The molecule has 3 heterocycles. The van der Waals surface area contributed by atoms with Crippen LogP contribution in [0.3, 0.4) is 0 Å². The van der Waals surface area contributed by atoms with Gasteiger partial charge in [0, 0.05) is 42.0 Å². The van der Waals surface area contributed by atoms with Crippen molar-refractivity contribution < 1.29 is 4.79 Å². The fourth-order valence-electron chi connectivity index (χ4n) is 4.45. The van der Waals surface area contributed by atoms with E-state index < -0.39 is 0 Å². The van der Waals surface area contributed by atoms with Gasteiger partial charge in [-0.1, -0.05) is 36.4 Å². The van der Waals surface area contributed by atoms with Gasteiger partial charge in [0.25, 0.3) is 0 Å². The molecule has 5 rings (SSSR count). The van der Waals surface area contributed by atoms with E-state index in [0.29, 0.717) is 6.54 Å². The zero-order valence-corrected chi connectivity index (χ0v) is 15.8. The molecule has 4 heteroatoms. The van der Waals surface area contributed by atoms with Crippen LogP contribution in [0.2, 0.25) is 0 Å². The van der Waals surface area contributed by atoms with Crippen molar-refractivity contribution in [2.24, 2.45) is 0 Å². The summed E-state index contributed by atoms with van der Waals surface area (Å²) >= 11 is 0. The second-order valence-corrected chi connectivity index (χ2v) is 7.51. The first-order valence-electron chi connectivity index (χ1n) is 9.99. The Morgan fingerprint density at radius 2 is 1.93 bits per heavy atom. The summed E-state index contributed by atoms with van der Waals surface area (Å²) in [5.74, 6) is 0.215. The fourth-order valence-corrected chi connectivity index (χ4v) is 4.45. The van der Waals surface area contributed by atoms with E-state index in [9.17, 15) is 4.79 Å². The summed E-state index contributed by atoms with van der Waals surface area (Å²) in [5, 5.41) is 1.15. The SMILES string of the molecule is O=C(C1=C(c2ccccc2)CCC1)N1CC=C(c2c[nH]c3ncccc23)CC1. The van der Waals surface area contributed by atoms with E-state index in [-0.39, 0.29) is 5.91 Å². The molecule has 1 aromatic carbocycles. The molecule has 0 fully saturated rings. The van der Waals surface area contributed by atoms with Gasteiger partial charge in [-0.15, -0.1) is 0 Å². The number of rotatable bonds is 3. The smallest absolute Gasteiger partial charge is 0.250 e. The van der Waals surface area contributed by atoms with Crippen LogP contribution >= 0.6 is 0 Å². The summed E-state index contributed by atoms with van der Waals surface area (Å²) in [5.41, 5.74) is 6.87. The zero-order valence-electron chi connectivity index (χ0n) is 15.8. The molecule has 0 saturated carbocycles. The quantitative estimate of drug-likeness (QED) is 0.720. The van der Waals surface area contributed by atoms with Crippen LogP contribution in [0.15, 0.2) is 66.5 Å². The van der Waals surface area contributed by atoms with Gasteiger partial charge < -0.3 is 9.88 Å². The number of amides is 1. The second-order valence-electron chi connectivity index (χ2n) is 7.51. The maximum absolute atomic E-state index is 13.2. The molecule has 0 saturated heterocycles. The third-order valence-electron chi connectivity index (χ3n) is 5.89. The number of hydrogen-bond acceptors (Lipinski definition) is 2. The molecule has 0 atom stereocenters. The van der Waals surface area contributed by atoms with Gasteiger partial charge in [0.2, 0.25) is 5.91 Å². The summed E-state index contributed by atoms with van der Waals surface area (Å²) in [4.78, 5) is 22.8. The van der Waals surface area contributed by atoms with Gasteiger partial charge in [-0.05, 0) is 54.5 Å². The third-order valence-corrected chi connectivity index (χ3v) is 5.89. The van der Waals surface area contributed by atoms with Crippen molar-refractivity contribution in [3.05, 3.63) is 77.6 Å². The van der Waals surface area contributed by atoms with Crippen LogP contribution in [0.25, 0.3) is 22.2 Å². The molecule has 0 unspecified atom stereocenters. The Morgan fingerprint density at radius 3 is 2.75 bits per heavy atom. The lowest BCUT2D eigenvalue weighted by Crippen LogP contribution is -2.35. The minimum atomic E-state index is 0.215. The van der Waals surface area contributed by atoms with E-state index in [1.807, 2.05) is 23.2 Å². The van der Waals surface area contributed by atoms with E-state index in [1.54, 1.807) is 6.20 Å². The number of carbonyl (C=O) groups excluding carboxylic acids is 1. The first-order chi connectivity index (χ1) is 13.8. The van der Waals surface area contributed by atoms with Crippen molar-refractivity contribution in [3.63, 3.8) is 0 Å². The number of aromatic nitrogens is 2. The number of hydrogen-bond donors (Lipinski definition) is 1. The normalized spacial score (nSPS) is 17.3. The number of allylic oxidation sites excluding steroid dienone is 1. The summed E-state index contributed by atoms with van der Waals surface area (Å²) in [7, 11) is 0. The van der Waals surface area contributed by atoms with E-state index in [1.165, 1.54) is 22.3 Å². The minimum Gasteiger partial charge on any atom is -0.346 e. The lowest BCUT2D eigenvalue weighted by Gasteiger charge is -2.27. The molecule has 2 aromatic heterocycles. The number of nitrogens with zero attached hydrogens (tertiary/aromatic N) is 2. The highest BCUT2D eigenvalue weighted by Crippen LogP contribution is 2.36. The fraction of sp³-hybridized carbons (Fsp3) is 0.250. The van der Waals surface area contributed by atoms with Crippen molar-refractivity contribution >= 4 is 28.1 Å². The average Bonchev–Trinajstić information content (AvgIpc) is 3.41. The lowest BCUT2D eigenvalue weighted by molar-refractivity contribution is -0.126. The number of nitrogens with one attached hydrogen (secondary N) is 1. The Morgan fingerprint density at radius 1 is 1.04 bits per heavy atom. The van der Waals surface area contributed by atoms with Crippen molar-refractivity contribution in [2.75, 3.05) is 13.1 Å². The Kier molecular flexibility index (Phi) is 4.32. The number of H-pyrrole nitrogens is 1. The van der Waals surface area contributed by atoms with Gasteiger partial charge in [0.15, 0.2) is 0 Å². The molecule has 0 spiro atoms. The molecular formula is C24H23N3O. The number of benzene rings is 1. The first-order valence-corrected chi connectivity index (χ1v) is 9.99. The number of carbonyl (C=O) groups is 1. The van der Waals surface area contributed by atoms with Crippen LogP contribution in [0.4, 0.5) is 0 Å². The third kappa shape index (κ3) is 2.95. The van der Waals surface area contributed by atoms with Crippen molar-refractivity contribution in [3.8, 4) is 0 Å². The number of pyridine rings is 1. The maximum atomic E-state index is 13.2. The van der Waals surface area contributed by atoms with Gasteiger partial charge in [0.05, 0.1) is 0 Å². The van der Waals surface area contributed by atoms with Crippen LogP contribution < -0.4 is 0 Å². The second kappa shape index (κ2) is 7.12. The molecule has 0 radical (unpaired) electrons. The zero-order chi connectivity index (χ0) is 18.9. The molecule has 3 aromatic rings. The molecule has 2 aliphatic rings. The summed E-state index contributed by atoms with van der Waals surface area (Å²) < 4.78 is 0. The average molecular weight is 369 g/mol. The highest BCUT2D eigenvalue weighted by Gasteiger charge is 2.27. The molecule has 4 nitrogen and oxygen atoms in total. The van der Waals surface area contributed by atoms with Gasteiger partial charge in [-0.2, -0.15) is 0 Å². The monoisotopic (exact) mass is 369 g/mol. The van der Waals surface area contributed by atoms with Crippen LogP contribution in [-0.2, 0) is 4.79 Å². The maximum Gasteiger partial charge on any atom is 0.250 e. The molecule has 0 bridgehead atoms. The topological polar surface area (TPSA) is 49.0 Å². The largest absolute Gasteiger partial charge is 0.346 e. The van der Waals surface area contributed by atoms with Gasteiger partial charge in [-0.25, -0.2) is 4.98 Å². The molecule has 1 N–H and O–H groups in total. The minimum absolute atomic E-state index is 0.215. The van der Waals surface area contributed by atoms with Gasteiger partial charge in [0.1, 0.15) is 5.65 Å². The lowest BCUT2D eigenvalue weighted by atomic mass is 9.98. The van der Waals surface area contributed by atoms with Crippen LogP contribution in [0.1, 0.15) is 36.8 Å². The van der Waals surface area contributed by atoms with E-state index in [2.05, 4.69) is 46.4 Å². The van der Waals surface area contributed by atoms with Gasteiger partial charge in [-0.3, -0.25) is 4.79 Å². The standard InChI is InChI=1S/C24H23N3O/c28-24(21-9-4-8-19(21)17-6-2-1-3-7-17)27-14-11-18(12-15-27)22-16-26-23-20(22)10-5-13-25-23/h1-3,5-7,10-11,13,16H,4,8-9,12,14-15H2,(H,25,26). The van der Waals surface area contributed by atoms with Crippen LogP contribution in [0, 0.1) is 0 Å². The molecule has 1 amide bonds. The Hall–Kier alpha value is -3.14. The van der Waals surface area contributed by atoms with E-state index >= 15 is 0 Å². The van der Waals surface area contributed by atoms with Crippen molar-refractivity contribution in [1.82, 2.24) is 14.9 Å².